The van der Waals surface area contributed by atoms with Gasteiger partial charge in [0.15, 0.2) is 0 Å². The molecule has 5 heteroatoms. The van der Waals surface area contributed by atoms with Crippen molar-refractivity contribution >= 4 is 5.97 Å². The van der Waals surface area contributed by atoms with E-state index < -0.39 is 5.97 Å². The van der Waals surface area contributed by atoms with Gasteiger partial charge in [-0.25, -0.2) is 4.79 Å². The number of fused-ring (bicyclic) bond motifs is 1. The van der Waals surface area contributed by atoms with Gasteiger partial charge >= 0.3 is 5.97 Å². The lowest BCUT2D eigenvalue weighted by atomic mass is 9.86. The first-order valence-electron chi connectivity index (χ1n) is 6.86. The molecule has 3 rings (SSSR count). The Morgan fingerprint density at radius 2 is 2.14 bits per heavy atom. The molecule has 1 aromatic carbocycles. The Labute approximate surface area is 122 Å². The standard InChI is InChI=1S/C16H17NO4/c1-19-16(18)14-7-6-13(21-14)15(17)11-8-9-20-12-5-3-2-4-10(11)12/h2-7,11,15H,8-9,17H2,1H3. The van der Waals surface area contributed by atoms with Gasteiger partial charge in [-0.1, -0.05) is 18.2 Å². The first-order chi connectivity index (χ1) is 10.2. The second-order valence-corrected chi connectivity index (χ2v) is 5.00. The van der Waals surface area contributed by atoms with Crippen molar-refractivity contribution in [2.24, 2.45) is 5.73 Å². The van der Waals surface area contributed by atoms with Crippen LogP contribution in [0.3, 0.4) is 0 Å². The number of nitrogens with two attached hydrogens (primary N) is 1. The highest BCUT2D eigenvalue weighted by atomic mass is 16.5. The summed E-state index contributed by atoms with van der Waals surface area (Å²) in [6.07, 6.45) is 0.812. The lowest BCUT2D eigenvalue weighted by Gasteiger charge is -2.29. The van der Waals surface area contributed by atoms with Gasteiger partial charge in [0.25, 0.3) is 0 Å². The summed E-state index contributed by atoms with van der Waals surface area (Å²) in [7, 11) is 1.32. The van der Waals surface area contributed by atoms with E-state index in [-0.39, 0.29) is 17.7 Å². The predicted octanol–water partition coefficient (Wildman–Crippen LogP) is 2.63. The number of furan rings is 1. The number of carbonyl (C=O) groups is 1. The minimum absolute atomic E-state index is 0.103. The van der Waals surface area contributed by atoms with Gasteiger partial charge in [-0.2, -0.15) is 0 Å². The number of esters is 1. The second kappa shape index (κ2) is 5.61. The number of carbonyl (C=O) groups excluding carboxylic acids is 1. The van der Waals surface area contributed by atoms with Gasteiger partial charge in [-0.05, 0) is 30.2 Å². The molecule has 0 saturated carbocycles. The van der Waals surface area contributed by atoms with Crippen LogP contribution in [0.2, 0.25) is 0 Å². The summed E-state index contributed by atoms with van der Waals surface area (Å²) in [6.45, 7) is 0.625. The monoisotopic (exact) mass is 287 g/mol. The number of ether oxygens (including phenoxy) is 2. The summed E-state index contributed by atoms with van der Waals surface area (Å²) in [5.74, 6) is 1.22. The molecule has 1 aliphatic heterocycles. The van der Waals surface area contributed by atoms with Gasteiger partial charge < -0.3 is 19.6 Å². The number of hydrogen-bond donors (Lipinski definition) is 1. The fourth-order valence-electron chi connectivity index (χ4n) is 2.68. The van der Waals surface area contributed by atoms with Crippen LogP contribution in [0.15, 0.2) is 40.8 Å². The van der Waals surface area contributed by atoms with Crippen molar-refractivity contribution in [2.45, 2.75) is 18.4 Å². The molecule has 0 radical (unpaired) electrons. The highest BCUT2D eigenvalue weighted by molar-refractivity contribution is 5.86. The van der Waals surface area contributed by atoms with Crippen molar-refractivity contribution in [3.8, 4) is 5.75 Å². The van der Waals surface area contributed by atoms with Crippen LogP contribution in [0.1, 0.15) is 40.3 Å². The first kappa shape index (κ1) is 13.7. The van der Waals surface area contributed by atoms with Crippen LogP contribution >= 0.6 is 0 Å². The summed E-state index contributed by atoms with van der Waals surface area (Å²) in [4.78, 5) is 11.4. The predicted molar refractivity (Wildman–Crippen MR) is 76.3 cm³/mol. The van der Waals surface area contributed by atoms with Gasteiger partial charge in [0, 0.05) is 5.92 Å². The van der Waals surface area contributed by atoms with Gasteiger partial charge in [-0.3, -0.25) is 0 Å². The Morgan fingerprint density at radius 3 is 2.95 bits per heavy atom. The number of rotatable bonds is 3. The molecule has 2 N–H and O–H groups in total. The van der Waals surface area contributed by atoms with E-state index in [2.05, 4.69) is 4.74 Å². The first-order valence-corrected chi connectivity index (χ1v) is 6.86. The largest absolute Gasteiger partial charge is 0.493 e. The average Bonchev–Trinajstić information content (AvgIpc) is 3.03. The van der Waals surface area contributed by atoms with Crippen molar-refractivity contribution in [1.82, 2.24) is 0 Å². The van der Waals surface area contributed by atoms with E-state index in [0.29, 0.717) is 12.4 Å². The third kappa shape index (κ3) is 2.52. The lowest BCUT2D eigenvalue weighted by Crippen LogP contribution is -2.25. The number of para-hydroxylation sites is 1. The van der Waals surface area contributed by atoms with Crippen LogP contribution in [0.5, 0.6) is 5.75 Å². The summed E-state index contributed by atoms with van der Waals surface area (Å²) in [6, 6.07) is 10.9. The number of hydrogen-bond acceptors (Lipinski definition) is 5. The van der Waals surface area contributed by atoms with Crippen molar-refractivity contribution in [1.29, 1.82) is 0 Å². The van der Waals surface area contributed by atoms with Crippen LogP contribution in [-0.2, 0) is 4.74 Å². The van der Waals surface area contributed by atoms with Crippen molar-refractivity contribution in [3.05, 3.63) is 53.5 Å². The topological polar surface area (TPSA) is 74.7 Å². The van der Waals surface area contributed by atoms with Gasteiger partial charge in [0.1, 0.15) is 11.5 Å². The molecule has 0 fully saturated rings. The molecule has 1 aromatic heterocycles. The van der Waals surface area contributed by atoms with E-state index in [1.807, 2.05) is 24.3 Å². The fraction of sp³-hybridized carbons (Fsp3) is 0.312. The smallest absolute Gasteiger partial charge is 0.373 e. The molecule has 110 valence electrons. The van der Waals surface area contributed by atoms with E-state index in [9.17, 15) is 4.79 Å². The summed E-state index contributed by atoms with van der Waals surface area (Å²) in [5.41, 5.74) is 7.41. The normalized spacial score (nSPS) is 18.5. The van der Waals surface area contributed by atoms with E-state index in [4.69, 9.17) is 14.9 Å². The minimum atomic E-state index is -0.499. The quantitative estimate of drug-likeness (QED) is 0.878. The van der Waals surface area contributed by atoms with Crippen LogP contribution in [-0.4, -0.2) is 19.7 Å². The maximum atomic E-state index is 11.4. The molecule has 2 heterocycles. The van der Waals surface area contributed by atoms with E-state index in [1.165, 1.54) is 7.11 Å². The zero-order valence-electron chi connectivity index (χ0n) is 11.7. The van der Waals surface area contributed by atoms with E-state index in [0.717, 1.165) is 17.7 Å². The zero-order valence-corrected chi connectivity index (χ0v) is 11.7. The van der Waals surface area contributed by atoms with Crippen LogP contribution in [0.25, 0.3) is 0 Å². The average molecular weight is 287 g/mol. The summed E-state index contributed by atoms with van der Waals surface area (Å²) >= 11 is 0. The lowest BCUT2D eigenvalue weighted by molar-refractivity contribution is 0.0561. The Bertz CT molecular complexity index is 649. The molecular weight excluding hydrogens is 270 g/mol. The molecule has 2 aromatic rings. The molecule has 1 aliphatic rings. The molecule has 2 unspecified atom stereocenters. The summed E-state index contributed by atoms with van der Waals surface area (Å²) < 4.78 is 15.8. The number of methoxy groups -OCH3 is 1. The Morgan fingerprint density at radius 1 is 1.33 bits per heavy atom. The second-order valence-electron chi connectivity index (χ2n) is 5.00. The fourth-order valence-corrected chi connectivity index (χ4v) is 2.68. The van der Waals surface area contributed by atoms with Crippen molar-refractivity contribution in [3.63, 3.8) is 0 Å². The molecule has 0 bridgehead atoms. The molecule has 5 nitrogen and oxygen atoms in total. The van der Waals surface area contributed by atoms with Crippen molar-refractivity contribution < 1.29 is 18.7 Å². The molecule has 0 saturated heterocycles. The third-order valence-electron chi connectivity index (χ3n) is 3.78. The van der Waals surface area contributed by atoms with Gasteiger partial charge in [0.2, 0.25) is 5.76 Å². The minimum Gasteiger partial charge on any atom is -0.493 e. The number of benzene rings is 1. The maximum absolute atomic E-state index is 11.4. The molecule has 2 atom stereocenters. The SMILES string of the molecule is COC(=O)c1ccc(C(N)C2CCOc3ccccc32)o1. The van der Waals surface area contributed by atoms with E-state index in [1.54, 1.807) is 12.1 Å². The van der Waals surface area contributed by atoms with E-state index >= 15 is 0 Å². The maximum Gasteiger partial charge on any atom is 0.373 e. The summed E-state index contributed by atoms with van der Waals surface area (Å²) in [5, 5.41) is 0. The highest BCUT2D eigenvalue weighted by Gasteiger charge is 2.29. The Hall–Kier alpha value is -2.27. The van der Waals surface area contributed by atoms with Crippen molar-refractivity contribution in [2.75, 3.05) is 13.7 Å². The van der Waals surface area contributed by atoms with Crippen LogP contribution < -0.4 is 10.5 Å². The van der Waals surface area contributed by atoms with Gasteiger partial charge in [0.05, 0.1) is 19.8 Å². The highest BCUT2D eigenvalue weighted by Crippen LogP contribution is 2.40. The van der Waals surface area contributed by atoms with Crippen LogP contribution in [0, 0.1) is 0 Å². The Kier molecular flexibility index (Phi) is 3.66. The molecule has 0 amide bonds. The Balaban J connectivity index is 1.87. The zero-order chi connectivity index (χ0) is 14.8. The van der Waals surface area contributed by atoms with Crippen LogP contribution in [0.4, 0.5) is 0 Å². The molecule has 21 heavy (non-hydrogen) atoms. The third-order valence-corrected chi connectivity index (χ3v) is 3.78. The van der Waals surface area contributed by atoms with Gasteiger partial charge in [-0.15, -0.1) is 0 Å². The molecule has 0 aliphatic carbocycles. The molecule has 0 spiro atoms. The molecular formula is C16H17NO4.